The minimum atomic E-state index is -4.33. The molecule has 1 heterocycles. The van der Waals surface area contributed by atoms with E-state index in [0.717, 1.165) is 29.1 Å². The monoisotopic (exact) mass is 935 g/mol. The van der Waals surface area contributed by atoms with Gasteiger partial charge in [-0.1, -0.05) is 123 Å². The number of alkyl halides is 4. The van der Waals surface area contributed by atoms with E-state index in [1.807, 2.05) is 48.7 Å². The topological polar surface area (TPSA) is 147 Å². The van der Waals surface area contributed by atoms with Gasteiger partial charge in [-0.05, 0) is 92.3 Å². The van der Waals surface area contributed by atoms with Crippen LogP contribution in [0.2, 0.25) is 10.0 Å². The van der Waals surface area contributed by atoms with Crippen molar-refractivity contribution in [2.24, 2.45) is 10.7 Å². The molecule has 6 aromatic rings. The van der Waals surface area contributed by atoms with E-state index in [4.69, 9.17) is 41.2 Å². The molecule has 0 atom stereocenters. The average molecular weight is 938 g/mol. The Hall–Kier alpha value is -4.34. The van der Waals surface area contributed by atoms with Gasteiger partial charge in [0.2, 0.25) is 0 Å². The summed E-state index contributed by atoms with van der Waals surface area (Å²) in [5.41, 5.74) is 12.1. The van der Waals surface area contributed by atoms with Gasteiger partial charge in [0.25, 0.3) is 0 Å². The van der Waals surface area contributed by atoms with Gasteiger partial charge in [-0.2, -0.15) is 18.2 Å². The lowest BCUT2D eigenvalue weighted by molar-refractivity contribution is -0.137. The first kappa shape index (κ1) is 50.7. The predicted octanol–water partition coefficient (Wildman–Crippen LogP) is 13.0. The van der Waals surface area contributed by atoms with E-state index in [9.17, 15) is 18.0 Å². The molecular weight excluding hydrogens is 898 g/mol. The van der Waals surface area contributed by atoms with Crippen LogP contribution in [0, 0.1) is 13.8 Å². The summed E-state index contributed by atoms with van der Waals surface area (Å²) >= 11 is 25.3. The lowest BCUT2D eigenvalue weighted by Crippen LogP contribution is -2.10. The Morgan fingerprint density at radius 3 is 1.96 bits per heavy atom. The van der Waals surface area contributed by atoms with Crippen LogP contribution >= 0.6 is 74.9 Å². The third kappa shape index (κ3) is 19.1. The highest BCUT2D eigenvalue weighted by Crippen LogP contribution is 2.32. The number of rotatable bonds is 8. The van der Waals surface area contributed by atoms with Crippen LogP contribution in [-0.2, 0) is 12.6 Å². The van der Waals surface area contributed by atoms with Gasteiger partial charge < -0.3 is 22.7 Å². The van der Waals surface area contributed by atoms with Crippen molar-refractivity contribution in [1.82, 2.24) is 11.1 Å². The summed E-state index contributed by atoms with van der Waals surface area (Å²) in [7, 11) is 0. The van der Waals surface area contributed by atoms with Crippen LogP contribution in [0.4, 0.5) is 29.7 Å². The maximum Gasteiger partial charge on any atom is 0.416 e. The minimum Gasteiger partial charge on any atom is -0.412 e. The number of halogens is 6. The number of thiocarbonyl (C=S) groups is 2. The number of hydrogen-bond donors (Lipinski definition) is 3. The maximum atomic E-state index is 12.5. The molecular formula is C41H39BrCl2F3N5O2S3. The number of aromatic nitrogens is 1. The smallest absolute Gasteiger partial charge is 0.412 e. The van der Waals surface area contributed by atoms with E-state index in [1.165, 1.54) is 40.2 Å². The zero-order valence-corrected chi connectivity index (χ0v) is 36.2. The molecule has 0 saturated carbocycles. The van der Waals surface area contributed by atoms with Crippen molar-refractivity contribution in [2.45, 2.75) is 26.4 Å². The molecule has 0 unspecified atom stereocenters. The van der Waals surface area contributed by atoms with Gasteiger partial charge in [0.05, 0.1) is 32.4 Å². The van der Waals surface area contributed by atoms with Crippen molar-refractivity contribution in [3.05, 3.63) is 165 Å². The van der Waals surface area contributed by atoms with E-state index >= 15 is 0 Å². The van der Waals surface area contributed by atoms with Crippen LogP contribution in [0.25, 0.3) is 11.3 Å². The standard InChI is InChI=1S/C16H10ClF3N2S.C9H11NS.C8H6BrClO.C8H7NS.H3N.H2O/c17-12-3-1-2-10(8-12)14-9-23-15(22-14)21-13-6-4-11(5-7-13)16(18,19)20;1-7-2-4-8(5-3-7)6-9(10)11;9-5-8(11)6-2-1-3-7(10)4-6;1-7-2-4-8(5-3-7)9-6-10;;/h1-9H,(H,21,22);2-5H,6H2,1H3,(H2,10,11);1-4H,5H2;2-5H,1H3;1H3;1H2. The van der Waals surface area contributed by atoms with E-state index in [1.54, 1.807) is 36.4 Å². The summed E-state index contributed by atoms with van der Waals surface area (Å²) in [5.74, 6) is 0.0486. The summed E-state index contributed by atoms with van der Waals surface area (Å²) in [6.45, 7) is 4.09. The first-order valence-electron chi connectivity index (χ1n) is 16.2. The van der Waals surface area contributed by atoms with Crippen molar-refractivity contribution < 1.29 is 23.4 Å². The Morgan fingerprint density at radius 2 is 1.46 bits per heavy atom. The molecule has 0 bridgehead atoms. The van der Waals surface area contributed by atoms with Crippen molar-refractivity contribution in [3.63, 3.8) is 0 Å². The molecule has 0 aliphatic rings. The Labute approximate surface area is 363 Å². The fraction of sp³-hybridized carbons (Fsp3) is 0.122. The zero-order chi connectivity index (χ0) is 40.4. The van der Waals surface area contributed by atoms with Gasteiger partial charge in [-0.3, -0.25) is 4.79 Å². The number of thiazole rings is 1. The van der Waals surface area contributed by atoms with Crippen molar-refractivity contribution in [1.29, 1.82) is 0 Å². The highest BCUT2D eigenvalue weighted by Gasteiger charge is 2.30. The van der Waals surface area contributed by atoms with Crippen molar-refractivity contribution in [3.8, 4) is 11.3 Å². The number of aryl methyl sites for hydroxylation is 2. The van der Waals surface area contributed by atoms with Gasteiger partial charge in [0.1, 0.15) is 0 Å². The number of ketones is 1. The fourth-order valence-corrected chi connectivity index (χ4v) is 6.01. The lowest BCUT2D eigenvalue weighted by atomic mass is 10.1. The summed E-state index contributed by atoms with van der Waals surface area (Å²) in [6, 6.07) is 35.1. The third-order valence-electron chi connectivity index (χ3n) is 7.06. The molecule has 1 aromatic heterocycles. The molecule has 7 nitrogen and oxygen atoms in total. The Morgan fingerprint density at radius 1 is 0.895 bits per heavy atom. The first-order valence-corrected chi connectivity index (χ1v) is 19.7. The summed E-state index contributed by atoms with van der Waals surface area (Å²) < 4.78 is 37.6. The zero-order valence-electron chi connectivity index (χ0n) is 30.6. The van der Waals surface area contributed by atoms with E-state index in [-0.39, 0.29) is 17.4 Å². The second-order valence-electron chi connectivity index (χ2n) is 11.5. The van der Waals surface area contributed by atoms with Crippen molar-refractivity contribution >= 4 is 107 Å². The van der Waals surface area contributed by atoms with Gasteiger partial charge in [0, 0.05) is 38.7 Å². The molecule has 0 aliphatic heterocycles. The molecule has 0 radical (unpaired) electrons. The molecule has 0 saturated heterocycles. The number of nitrogens with one attached hydrogen (secondary N) is 1. The van der Waals surface area contributed by atoms with E-state index < -0.39 is 11.7 Å². The van der Waals surface area contributed by atoms with Crippen LogP contribution in [0.1, 0.15) is 32.6 Å². The highest BCUT2D eigenvalue weighted by atomic mass is 79.9. The molecule has 0 fully saturated rings. The number of isothiocyanates is 1. The number of nitrogens with two attached hydrogens (primary N) is 1. The second-order valence-corrected chi connectivity index (χ2v) is 14.5. The normalized spacial score (nSPS) is 9.82. The molecule has 6 rings (SSSR count). The van der Waals surface area contributed by atoms with Gasteiger partial charge in [-0.25, -0.2) is 4.98 Å². The van der Waals surface area contributed by atoms with Crippen molar-refractivity contribution in [2.75, 3.05) is 10.6 Å². The summed E-state index contributed by atoms with van der Waals surface area (Å²) in [4.78, 5) is 19.8. The van der Waals surface area contributed by atoms with Crippen LogP contribution in [0.3, 0.4) is 0 Å². The van der Waals surface area contributed by atoms with E-state index in [0.29, 0.717) is 43.2 Å². The third-order valence-corrected chi connectivity index (χ3v) is 9.04. The number of anilines is 2. The number of Topliss-reactive ketones (excluding diaryl/α,β-unsaturated/α-hetero) is 1. The number of benzene rings is 5. The Bertz CT molecular complexity index is 2200. The van der Waals surface area contributed by atoms with Crippen LogP contribution in [0.5, 0.6) is 0 Å². The molecule has 300 valence electrons. The number of aliphatic imine (C=N–C) groups is 1. The maximum absolute atomic E-state index is 12.5. The molecule has 8 N–H and O–H groups in total. The summed E-state index contributed by atoms with van der Waals surface area (Å²) in [6.07, 6.45) is -3.63. The first-order chi connectivity index (χ1) is 26.2. The summed E-state index contributed by atoms with van der Waals surface area (Å²) in [5, 5.41) is 9.32. The predicted molar refractivity (Wildman–Crippen MR) is 243 cm³/mol. The lowest BCUT2D eigenvalue weighted by Gasteiger charge is -2.07. The molecule has 57 heavy (non-hydrogen) atoms. The minimum absolute atomic E-state index is 0. The SMILES string of the molecule is Cc1ccc(CC(N)=S)cc1.Cc1ccc(N=C=S)cc1.FC(F)(F)c1ccc(Nc2nc(-c3cccc(Cl)c3)cs2)cc1.N.O.O=C(CBr)c1cccc(Cl)c1. The second kappa shape index (κ2) is 25.8. The number of hydrogen-bond acceptors (Lipinski definition) is 8. The van der Waals surface area contributed by atoms with Gasteiger partial charge >= 0.3 is 6.18 Å². The van der Waals surface area contributed by atoms with Crippen LogP contribution in [-0.4, -0.2) is 31.7 Å². The highest BCUT2D eigenvalue weighted by molar-refractivity contribution is 9.09. The molecule has 0 amide bonds. The molecule has 16 heteroatoms. The van der Waals surface area contributed by atoms with Crippen LogP contribution < -0.4 is 17.2 Å². The van der Waals surface area contributed by atoms with Crippen LogP contribution in [0.15, 0.2) is 132 Å². The largest absolute Gasteiger partial charge is 0.416 e. The quantitative estimate of drug-likeness (QED) is 0.0596. The average Bonchev–Trinajstić information content (AvgIpc) is 3.62. The Balaban J connectivity index is 0.000000407. The Kier molecular flexibility index (Phi) is 23.0. The fourth-order valence-electron chi connectivity index (χ4n) is 4.30. The molecule has 0 spiro atoms. The number of nitrogens with zero attached hydrogens (tertiary/aromatic N) is 2. The van der Waals surface area contributed by atoms with Gasteiger partial charge in [0.15, 0.2) is 10.9 Å². The van der Waals surface area contributed by atoms with Gasteiger partial charge in [-0.15, -0.1) is 11.3 Å². The van der Waals surface area contributed by atoms with E-state index in [2.05, 4.69) is 79.8 Å². The number of carbonyl (C=O) groups excluding carboxylic acids is 1. The molecule has 5 aromatic carbocycles. The number of carbonyl (C=O) groups is 1. The molecule has 0 aliphatic carbocycles.